The van der Waals surface area contributed by atoms with Crippen LogP contribution in [0.15, 0.2) is 22.3 Å². The Balaban J connectivity index is 2.34. The predicted molar refractivity (Wildman–Crippen MR) is 55.2 cm³/mol. The molecule has 1 aliphatic rings. The summed E-state index contributed by atoms with van der Waals surface area (Å²) in [7, 11) is -3.73. The summed E-state index contributed by atoms with van der Waals surface area (Å²) in [6.07, 6.45) is 1.82. The van der Waals surface area contributed by atoms with Crippen molar-refractivity contribution in [1.82, 2.24) is 14.5 Å². The highest BCUT2D eigenvalue weighted by atomic mass is 32.2. The highest BCUT2D eigenvalue weighted by Gasteiger charge is 2.34. The van der Waals surface area contributed by atoms with Crippen LogP contribution in [0.5, 0.6) is 0 Å². The Labute approximate surface area is 97.3 Å². The van der Waals surface area contributed by atoms with E-state index in [4.69, 9.17) is 4.74 Å². The Morgan fingerprint density at radius 3 is 3.12 bits per heavy atom. The van der Waals surface area contributed by atoms with E-state index < -0.39 is 16.2 Å². The van der Waals surface area contributed by atoms with Crippen LogP contribution in [0.25, 0.3) is 0 Å². The minimum absolute atomic E-state index is 0.0366. The zero-order valence-corrected chi connectivity index (χ0v) is 9.55. The minimum Gasteiger partial charge on any atom is -0.376 e. The predicted octanol–water partition coefficient (Wildman–Crippen LogP) is -0.907. The van der Waals surface area contributed by atoms with Gasteiger partial charge in [-0.05, 0) is 6.07 Å². The van der Waals surface area contributed by atoms with E-state index in [1.165, 1.54) is 18.3 Å². The lowest BCUT2D eigenvalue weighted by Crippen LogP contribution is -2.47. The normalized spacial score (nSPS) is 22.0. The van der Waals surface area contributed by atoms with Gasteiger partial charge in [0.25, 0.3) is 10.0 Å². The van der Waals surface area contributed by atoms with E-state index in [1.54, 1.807) is 0 Å². The summed E-state index contributed by atoms with van der Waals surface area (Å²) in [5.41, 5.74) is 0. The van der Waals surface area contributed by atoms with Crippen molar-refractivity contribution in [3.05, 3.63) is 12.3 Å². The van der Waals surface area contributed by atoms with Gasteiger partial charge in [-0.1, -0.05) is 0 Å². The molecule has 0 spiro atoms. The number of hydrogen-bond acceptors (Lipinski definition) is 6. The summed E-state index contributed by atoms with van der Waals surface area (Å²) in [6.45, 7) is 0.443. The lowest BCUT2D eigenvalue weighted by molar-refractivity contribution is 0.0358. The van der Waals surface area contributed by atoms with E-state index in [2.05, 4.69) is 15.2 Å². The number of sulfonamides is 1. The van der Waals surface area contributed by atoms with Gasteiger partial charge in [0.2, 0.25) is 6.08 Å². The summed E-state index contributed by atoms with van der Waals surface area (Å²) >= 11 is 0. The lowest BCUT2D eigenvalue weighted by Gasteiger charge is -2.30. The largest absolute Gasteiger partial charge is 0.376 e. The van der Waals surface area contributed by atoms with E-state index in [1.807, 2.05) is 0 Å². The molecular formula is C8H10N4O4S. The van der Waals surface area contributed by atoms with Crippen LogP contribution in [0.1, 0.15) is 0 Å². The molecule has 1 aliphatic heterocycles. The molecule has 0 saturated carbocycles. The monoisotopic (exact) mass is 258 g/mol. The maximum Gasteiger partial charge on any atom is 0.261 e. The fourth-order valence-electron chi connectivity index (χ4n) is 1.53. The zero-order valence-electron chi connectivity index (χ0n) is 8.74. The number of nitrogens with zero attached hydrogens (tertiary/aromatic N) is 3. The third-order valence-electron chi connectivity index (χ3n) is 2.32. The van der Waals surface area contributed by atoms with Crippen LogP contribution in [0, 0.1) is 0 Å². The first-order valence-electron chi connectivity index (χ1n) is 4.82. The minimum atomic E-state index is -3.73. The first kappa shape index (κ1) is 11.9. The van der Waals surface area contributed by atoms with Crippen LogP contribution in [0.2, 0.25) is 0 Å². The quantitative estimate of drug-likeness (QED) is 0.558. The average molecular weight is 258 g/mol. The van der Waals surface area contributed by atoms with Gasteiger partial charge in [-0.3, -0.25) is 5.10 Å². The Hall–Kier alpha value is -1.54. The molecule has 17 heavy (non-hydrogen) atoms. The number of hydrogen-bond donors (Lipinski definition) is 1. The fourth-order valence-corrected chi connectivity index (χ4v) is 2.93. The fraction of sp³-hybridized carbons (Fsp3) is 0.500. The standard InChI is InChI=1S/C8H10N4O4S/c13-6-9-7-5-16-4-3-12(7)17(14,15)8-1-2-10-11-8/h1-2,7H,3-5H2,(H,10,11). The maximum absolute atomic E-state index is 12.1. The van der Waals surface area contributed by atoms with Gasteiger partial charge in [-0.15, -0.1) is 0 Å². The van der Waals surface area contributed by atoms with Crippen LogP contribution in [-0.2, 0) is 19.6 Å². The molecular weight excluding hydrogens is 248 g/mol. The molecule has 1 unspecified atom stereocenters. The van der Waals surface area contributed by atoms with E-state index in [-0.39, 0.29) is 24.8 Å². The van der Waals surface area contributed by atoms with Crippen molar-refractivity contribution in [2.24, 2.45) is 4.99 Å². The molecule has 92 valence electrons. The molecule has 2 heterocycles. The van der Waals surface area contributed by atoms with Gasteiger partial charge in [0.15, 0.2) is 11.2 Å². The number of H-pyrrole nitrogens is 1. The smallest absolute Gasteiger partial charge is 0.261 e. The van der Waals surface area contributed by atoms with Crippen LogP contribution in [0.3, 0.4) is 0 Å². The van der Waals surface area contributed by atoms with Crippen LogP contribution >= 0.6 is 0 Å². The molecule has 1 N–H and O–H groups in total. The third kappa shape index (κ3) is 2.27. The number of isocyanates is 1. The highest BCUT2D eigenvalue weighted by molar-refractivity contribution is 7.89. The van der Waals surface area contributed by atoms with Crippen molar-refractivity contribution >= 4 is 16.1 Å². The van der Waals surface area contributed by atoms with Gasteiger partial charge >= 0.3 is 0 Å². The number of aromatic nitrogens is 2. The van der Waals surface area contributed by atoms with Crippen molar-refractivity contribution in [3.8, 4) is 0 Å². The van der Waals surface area contributed by atoms with E-state index in [0.717, 1.165) is 4.31 Å². The Kier molecular flexibility index (Phi) is 3.34. The van der Waals surface area contributed by atoms with Crippen molar-refractivity contribution in [1.29, 1.82) is 0 Å². The molecule has 1 fully saturated rings. The molecule has 0 radical (unpaired) electrons. The second kappa shape index (κ2) is 4.76. The average Bonchev–Trinajstić information content (AvgIpc) is 2.84. The van der Waals surface area contributed by atoms with E-state index in [0.29, 0.717) is 0 Å². The van der Waals surface area contributed by atoms with Gasteiger partial charge < -0.3 is 4.74 Å². The van der Waals surface area contributed by atoms with Gasteiger partial charge in [-0.25, -0.2) is 13.2 Å². The molecule has 0 aromatic carbocycles. The Morgan fingerprint density at radius 2 is 2.47 bits per heavy atom. The molecule has 1 aromatic rings. The highest BCUT2D eigenvalue weighted by Crippen LogP contribution is 2.18. The van der Waals surface area contributed by atoms with Crippen molar-refractivity contribution in [2.45, 2.75) is 11.2 Å². The summed E-state index contributed by atoms with van der Waals surface area (Å²) in [5.74, 6) is 0. The van der Waals surface area contributed by atoms with Crippen molar-refractivity contribution < 1.29 is 17.9 Å². The number of nitrogens with one attached hydrogen (secondary N) is 1. The Morgan fingerprint density at radius 1 is 1.65 bits per heavy atom. The molecule has 1 saturated heterocycles. The van der Waals surface area contributed by atoms with Crippen molar-refractivity contribution in [3.63, 3.8) is 0 Å². The molecule has 0 amide bonds. The Bertz CT molecular complexity index is 520. The van der Waals surface area contributed by atoms with Gasteiger partial charge in [0.1, 0.15) is 0 Å². The molecule has 0 aliphatic carbocycles. The number of aromatic amines is 1. The topological polar surface area (TPSA) is 105 Å². The molecule has 1 aromatic heterocycles. The summed E-state index contributed by atoms with van der Waals surface area (Å²) in [4.78, 5) is 13.7. The summed E-state index contributed by atoms with van der Waals surface area (Å²) in [5, 5.41) is 5.92. The molecule has 8 nitrogen and oxygen atoms in total. The van der Waals surface area contributed by atoms with Crippen LogP contribution < -0.4 is 0 Å². The number of morpholine rings is 1. The third-order valence-corrected chi connectivity index (χ3v) is 4.15. The van der Waals surface area contributed by atoms with Gasteiger partial charge in [0, 0.05) is 6.54 Å². The number of aliphatic imine (C=N–C) groups is 1. The molecule has 9 heteroatoms. The maximum atomic E-state index is 12.1. The second-order valence-corrected chi connectivity index (χ2v) is 5.17. The first-order chi connectivity index (χ1) is 8.16. The van der Waals surface area contributed by atoms with Crippen LogP contribution in [0.4, 0.5) is 0 Å². The van der Waals surface area contributed by atoms with Gasteiger partial charge in [0.05, 0.1) is 19.4 Å². The zero-order chi connectivity index (χ0) is 12.3. The molecule has 0 bridgehead atoms. The van der Waals surface area contributed by atoms with Gasteiger partial charge in [-0.2, -0.15) is 14.4 Å². The van der Waals surface area contributed by atoms with E-state index >= 15 is 0 Å². The first-order valence-corrected chi connectivity index (χ1v) is 6.26. The molecule has 2 rings (SSSR count). The summed E-state index contributed by atoms with van der Waals surface area (Å²) in [6, 6.07) is 1.34. The number of rotatable bonds is 3. The van der Waals surface area contributed by atoms with Crippen molar-refractivity contribution in [2.75, 3.05) is 19.8 Å². The number of carbonyl (C=O) groups excluding carboxylic acids is 1. The van der Waals surface area contributed by atoms with E-state index in [9.17, 15) is 13.2 Å². The number of ether oxygens (including phenoxy) is 1. The summed E-state index contributed by atoms with van der Waals surface area (Å²) < 4.78 is 30.5. The second-order valence-electron chi connectivity index (χ2n) is 3.31. The lowest BCUT2D eigenvalue weighted by atomic mass is 10.4. The molecule has 1 atom stereocenters. The van der Waals surface area contributed by atoms with Crippen LogP contribution in [-0.4, -0.2) is 54.9 Å². The SMILES string of the molecule is O=C=NC1COCCN1S(=O)(=O)c1ccn[nH]1.